The molecule has 1 aromatic rings. The largest absolute Gasteiger partial charge is 0.497 e. The van der Waals surface area contributed by atoms with Crippen LogP contribution >= 0.6 is 0 Å². The van der Waals surface area contributed by atoms with Crippen LogP contribution in [0.5, 0.6) is 5.75 Å². The van der Waals surface area contributed by atoms with Crippen LogP contribution in [0.1, 0.15) is 30.7 Å². The summed E-state index contributed by atoms with van der Waals surface area (Å²) in [6.45, 7) is 2.33. The molecule has 98 valence electrons. The summed E-state index contributed by atoms with van der Waals surface area (Å²) in [5.41, 5.74) is 1.45. The molecule has 18 heavy (non-hydrogen) atoms. The summed E-state index contributed by atoms with van der Waals surface area (Å²) < 4.78 is 5.20. The monoisotopic (exact) mass is 246 g/mol. The summed E-state index contributed by atoms with van der Waals surface area (Å²) in [5, 5.41) is 7.21. The molecule has 3 heteroatoms. The van der Waals surface area contributed by atoms with Gasteiger partial charge in [0, 0.05) is 18.0 Å². The third kappa shape index (κ3) is 2.68. The van der Waals surface area contributed by atoms with Crippen molar-refractivity contribution in [3.63, 3.8) is 0 Å². The fourth-order valence-corrected chi connectivity index (χ4v) is 2.89. The van der Waals surface area contributed by atoms with Crippen molar-refractivity contribution in [2.24, 2.45) is 0 Å². The van der Waals surface area contributed by atoms with Crippen molar-refractivity contribution in [2.45, 2.75) is 37.3 Å². The molecule has 2 aliphatic rings. The maximum atomic E-state index is 5.20. The van der Waals surface area contributed by atoms with Crippen LogP contribution in [0.2, 0.25) is 0 Å². The van der Waals surface area contributed by atoms with Crippen molar-refractivity contribution in [3.8, 4) is 5.75 Å². The maximum absolute atomic E-state index is 5.20. The van der Waals surface area contributed by atoms with E-state index < -0.39 is 0 Å². The van der Waals surface area contributed by atoms with Crippen LogP contribution in [0, 0.1) is 0 Å². The van der Waals surface area contributed by atoms with Gasteiger partial charge in [-0.2, -0.15) is 0 Å². The number of methoxy groups -OCH3 is 1. The van der Waals surface area contributed by atoms with Gasteiger partial charge in [-0.1, -0.05) is 12.1 Å². The fraction of sp³-hybridized carbons (Fsp3) is 0.600. The molecule has 0 aromatic heterocycles. The minimum absolute atomic E-state index is 0.696. The Labute approximate surface area is 109 Å². The van der Waals surface area contributed by atoms with Crippen LogP contribution in [-0.2, 0) is 0 Å². The number of nitrogens with one attached hydrogen (secondary N) is 2. The number of hydrogen-bond donors (Lipinski definition) is 2. The second-order valence-corrected chi connectivity index (χ2v) is 5.41. The molecule has 1 aliphatic carbocycles. The van der Waals surface area contributed by atoms with Gasteiger partial charge in [-0.05, 0) is 50.0 Å². The van der Waals surface area contributed by atoms with Crippen molar-refractivity contribution in [1.82, 2.24) is 10.6 Å². The van der Waals surface area contributed by atoms with E-state index >= 15 is 0 Å². The smallest absolute Gasteiger partial charge is 0.118 e. The highest BCUT2D eigenvalue weighted by Gasteiger charge is 2.39. The molecule has 2 N–H and O–H groups in total. The lowest BCUT2D eigenvalue weighted by molar-refractivity contribution is 0.383. The van der Waals surface area contributed by atoms with E-state index in [1.807, 2.05) is 0 Å². The molecule has 0 spiro atoms. The molecule has 1 aromatic carbocycles. The molecule has 2 fully saturated rings. The molecule has 3 rings (SSSR count). The van der Waals surface area contributed by atoms with E-state index in [1.165, 1.54) is 24.8 Å². The van der Waals surface area contributed by atoms with Gasteiger partial charge in [-0.3, -0.25) is 0 Å². The third-order valence-corrected chi connectivity index (χ3v) is 4.12. The molecule has 2 atom stereocenters. The van der Waals surface area contributed by atoms with Gasteiger partial charge in [0.2, 0.25) is 0 Å². The zero-order chi connectivity index (χ0) is 12.4. The van der Waals surface area contributed by atoms with Crippen LogP contribution in [0.25, 0.3) is 0 Å². The average molecular weight is 246 g/mol. The summed E-state index contributed by atoms with van der Waals surface area (Å²) in [6, 6.07) is 9.95. The summed E-state index contributed by atoms with van der Waals surface area (Å²) >= 11 is 0. The summed E-state index contributed by atoms with van der Waals surface area (Å²) in [6.07, 6.45) is 3.83. The lowest BCUT2D eigenvalue weighted by atomic mass is 10.1. The predicted molar refractivity (Wildman–Crippen MR) is 73.2 cm³/mol. The van der Waals surface area contributed by atoms with Gasteiger partial charge in [0.1, 0.15) is 5.75 Å². The fourth-order valence-electron chi connectivity index (χ4n) is 2.89. The summed E-state index contributed by atoms with van der Waals surface area (Å²) in [7, 11) is 1.72. The van der Waals surface area contributed by atoms with E-state index in [9.17, 15) is 0 Å². The van der Waals surface area contributed by atoms with Crippen molar-refractivity contribution < 1.29 is 4.74 Å². The molecular weight excluding hydrogens is 224 g/mol. The molecule has 0 amide bonds. The molecular formula is C15H22N2O. The van der Waals surface area contributed by atoms with Gasteiger partial charge in [-0.15, -0.1) is 0 Å². The molecule has 1 heterocycles. The Morgan fingerprint density at radius 1 is 1.17 bits per heavy atom. The lowest BCUT2D eigenvalue weighted by Gasteiger charge is -2.24. The molecule has 3 nitrogen and oxygen atoms in total. The zero-order valence-electron chi connectivity index (χ0n) is 11.0. The van der Waals surface area contributed by atoms with Crippen molar-refractivity contribution >= 4 is 0 Å². The maximum Gasteiger partial charge on any atom is 0.118 e. The first-order valence-corrected chi connectivity index (χ1v) is 6.97. The van der Waals surface area contributed by atoms with Crippen molar-refractivity contribution in [3.05, 3.63) is 29.8 Å². The Bertz CT molecular complexity index is 384. The second kappa shape index (κ2) is 5.29. The number of benzene rings is 1. The van der Waals surface area contributed by atoms with Gasteiger partial charge in [0.15, 0.2) is 0 Å². The summed E-state index contributed by atoms with van der Waals surface area (Å²) in [5.74, 6) is 1.66. The quantitative estimate of drug-likeness (QED) is 0.851. The van der Waals surface area contributed by atoms with Crippen LogP contribution in [-0.4, -0.2) is 32.3 Å². The molecule has 1 aliphatic heterocycles. The zero-order valence-corrected chi connectivity index (χ0v) is 11.0. The Kier molecular flexibility index (Phi) is 3.52. The van der Waals surface area contributed by atoms with Gasteiger partial charge in [0.05, 0.1) is 7.11 Å². The summed E-state index contributed by atoms with van der Waals surface area (Å²) in [4.78, 5) is 0. The van der Waals surface area contributed by atoms with Gasteiger partial charge in [0.25, 0.3) is 0 Å². The average Bonchev–Trinajstić information content (AvgIpc) is 3.19. The molecule has 0 radical (unpaired) electrons. The van der Waals surface area contributed by atoms with Crippen molar-refractivity contribution in [2.75, 3.05) is 20.2 Å². The van der Waals surface area contributed by atoms with E-state index in [4.69, 9.17) is 4.74 Å². The van der Waals surface area contributed by atoms with Crippen LogP contribution < -0.4 is 15.4 Å². The topological polar surface area (TPSA) is 33.3 Å². The number of piperidine rings is 1. The highest BCUT2D eigenvalue weighted by molar-refractivity contribution is 5.33. The Morgan fingerprint density at radius 2 is 1.89 bits per heavy atom. The van der Waals surface area contributed by atoms with Crippen LogP contribution in [0.3, 0.4) is 0 Å². The van der Waals surface area contributed by atoms with Gasteiger partial charge >= 0.3 is 0 Å². The van der Waals surface area contributed by atoms with Gasteiger partial charge in [-0.25, -0.2) is 0 Å². The number of ether oxygens (including phenoxy) is 1. The predicted octanol–water partition coefficient (Wildman–Crippen LogP) is 1.89. The molecule has 1 saturated heterocycles. The first-order chi connectivity index (χ1) is 8.86. The normalized spacial score (nSPS) is 28.1. The minimum Gasteiger partial charge on any atom is -0.497 e. The highest BCUT2D eigenvalue weighted by Crippen LogP contribution is 2.41. The van der Waals surface area contributed by atoms with Gasteiger partial charge < -0.3 is 15.4 Å². The molecule has 1 saturated carbocycles. The Morgan fingerprint density at radius 3 is 2.56 bits per heavy atom. The van der Waals surface area contributed by atoms with Crippen molar-refractivity contribution in [1.29, 1.82) is 0 Å². The first-order valence-electron chi connectivity index (χ1n) is 6.97. The lowest BCUT2D eigenvalue weighted by Crippen LogP contribution is -2.41. The Balaban J connectivity index is 1.53. The SMILES string of the molecule is COc1ccc([C@@H]2C[C@H]2NC2CCNCC2)cc1. The molecule has 0 bridgehead atoms. The van der Waals surface area contributed by atoms with Crippen LogP contribution in [0.4, 0.5) is 0 Å². The van der Waals surface area contributed by atoms with E-state index in [0.29, 0.717) is 12.0 Å². The van der Waals surface area contributed by atoms with E-state index in [1.54, 1.807) is 7.11 Å². The van der Waals surface area contributed by atoms with E-state index in [-0.39, 0.29) is 0 Å². The van der Waals surface area contributed by atoms with Crippen LogP contribution in [0.15, 0.2) is 24.3 Å². The third-order valence-electron chi connectivity index (χ3n) is 4.12. The minimum atomic E-state index is 0.696. The Hall–Kier alpha value is -1.06. The standard InChI is InChI=1S/C15H22N2O/c1-18-13-4-2-11(3-5-13)14-10-15(14)17-12-6-8-16-9-7-12/h2-5,12,14-17H,6-10H2,1H3/t14-,15+/m0/s1. The first kappa shape index (κ1) is 12.0. The number of rotatable bonds is 4. The van der Waals surface area contributed by atoms with E-state index in [0.717, 1.165) is 24.9 Å². The second-order valence-electron chi connectivity index (χ2n) is 5.41. The highest BCUT2D eigenvalue weighted by atomic mass is 16.5. The van der Waals surface area contributed by atoms with E-state index in [2.05, 4.69) is 34.9 Å². The number of hydrogen-bond acceptors (Lipinski definition) is 3. The molecule has 0 unspecified atom stereocenters.